The van der Waals surface area contributed by atoms with Gasteiger partial charge in [-0.05, 0) is 62.9 Å². The summed E-state index contributed by atoms with van der Waals surface area (Å²) in [6.07, 6.45) is 4.97. The molecule has 2 N–H and O–H groups in total. The summed E-state index contributed by atoms with van der Waals surface area (Å²) in [6, 6.07) is 6.06. The van der Waals surface area contributed by atoms with Crippen LogP contribution in [0.2, 0.25) is 0 Å². The fourth-order valence-electron chi connectivity index (χ4n) is 3.59. The van der Waals surface area contributed by atoms with Crippen LogP contribution in [0.1, 0.15) is 38.7 Å². The minimum Gasteiger partial charge on any atom is -0.493 e. The summed E-state index contributed by atoms with van der Waals surface area (Å²) in [5.41, 5.74) is 1.21. The van der Waals surface area contributed by atoms with Crippen molar-refractivity contribution in [2.24, 2.45) is 10.9 Å². The maximum Gasteiger partial charge on any atom is 0.191 e. The van der Waals surface area contributed by atoms with Crippen LogP contribution in [0.15, 0.2) is 23.2 Å². The van der Waals surface area contributed by atoms with Gasteiger partial charge in [-0.1, -0.05) is 19.4 Å². The third kappa shape index (κ3) is 7.58. The second-order valence-corrected chi connectivity index (χ2v) is 7.55. The van der Waals surface area contributed by atoms with Crippen molar-refractivity contribution in [2.75, 3.05) is 53.5 Å². The molecule has 1 aliphatic rings. The number of piperidine rings is 1. The highest BCUT2D eigenvalue weighted by molar-refractivity contribution is 5.79. The minimum absolute atomic E-state index is 0.569. The van der Waals surface area contributed by atoms with E-state index in [1.807, 2.05) is 12.1 Å². The smallest absolute Gasteiger partial charge is 0.191 e. The minimum atomic E-state index is 0.569. The number of rotatable bonds is 10. The zero-order valence-corrected chi connectivity index (χ0v) is 18.1. The Morgan fingerprint density at radius 1 is 1.11 bits per heavy atom. The van der Waals surface area contributed by atoms with E-state index < -0.39 is 0 Å². The quantitative estimate of drug-likeness (QED) is 0.475. The van der Waals surface area contributed by atoms with Gasteiger partial charge >= 0.3 is 0 Å². The fraction of sp³-hybridized carbons (Fsp3) is 0.682. The number of ether oxygens (including phenoxy) is 2. The molecule has 158 valence electrons. The van der Waals surface area contributed by atoms with Crippen LogP contribution in [0, 0.1) is 5.92 Å². The normalized spacial score (nSPS) is 16.5. The largest absolute Gasteiger partial charge is 0.493 e. The molecule has 1 heterocycles. The summed E-state index contributed by atoms with van der Waals surface area (Å²) in [5.74, 6) is 3.00. The number of guanidine groups is 1. The van der Waals surface area contributed by atoms with Gasteiger partial charge in [0.15, 0.2) is 17.5 Å². The van der Waals surface area contributed by atoms with Crippen molar-refractivity contribution in [3.05, 3.63) is 23.8 Å². The van der Waals surface area contributed by atoms with Gasteiger partial charge in [0.05, 0.1) is 14.2 Å². The summed E-state index contributed by atoms with van der Waals surface area (Å²) < 4.78 is 10.7. The van der Waals surface area contributed by atoms with Crippen LogP contribution in [0.25, 0.3) is 0 Å². The molecule has 0 aliphatic carbocycles. The molecular weight excluding hydrogens is 352 g/mol. The van der Waals surface area contributed by atoms with Gasteiger partial charge in [-0.2, -0.15) is 0 Å². The van der Waals surface area contributed by atoms with Gasteiger partial charge in [0.25, 0.3) is 0 Å². The average Bonchev–Trinajstić information content (AvgIpc) is 2.72. The zero-order chi connectivity index (χ0) is 20.2. The molecule has 0 aromatic heterocycles. The number of methoxy groups -OCH3 is 2. The van der Waals surface area contributed by atoms with Crippen LogP contribution in [0.5, 0.6) is 11.5 Å². The molecule has 1 aromatic carbocycles. The Morgan fingerprint density at radius 3 is 2.54 bits per heavy atom. The lowest BCUT2D eigenvalue weighted by Gasteiger charge is -2.28. The Labute approximate surface area is 170 Å². The average molecular weight is 391 g/mol. The Balaban J connectivity index is 1.80. The molecule has 0 bridgehead atoms. The topological polar surface area (TPSA) is 58.1 Å². The van der Waals surface area contributed by atoms with E-state index in [1.54, 1.807) is 14.2 Å². The van der Waals surface area contributed by atoms with Crippen LogP contribution in [0.4, 0.5) is 0 Å². The SMILES string of the molecule is CCNC(=NCC(C)CN1CCCCC1)NCCc1ccc(OC)c(OC)c1. The van der Waals surface area contributed by atoms with Crippen molar-refractivity contribution in [1.82, 2.24) is 15.5 Å². The van der Waals surface area contributed by atoms with E-state index in [1.165, 1.54) is 37.9 Å². The van der Waals surface area contributed by atoms with Crippen LogP contribution in [0.3, 0.4) is 0 Å². The molecular formula is C22H38N4O2. The lowest BCUT2D eigenvalue weighted by molar-refractivity contribution is 0.203. The molecule has 28 heavy (non-hydrogen) atoms. The monoisotopic (exact) mass is 390 g/mol. The molecule has 0 amide bonds. The molecule has 0 spiro atoms. The third-order valence-electron chi connectivity index (χ3n) is 5.08. The van der Waals surface area contributed by atoms with Crippen LogP contribution >= 0.6 is 0 Å². The van der Waals surface area contributed by atoms with Crippen molar-refractivity contribution in [3.63, 3.8) is 0 Å². The summed E-state index contributed by atoms with van der Waals surface area (Å²) >= 11 is 0. The molecule has 0 saturated carbocycles. The lowest BCUT2D eigenvalue weighted by Crippen LogP contribution is -2.39. The summed E-state index contributed by atoms with van der Waals surface area (Å²) in [7, 11) is 3.32. The molecule has 1 aromatic rings. The van der Waals surface area contributed by atoms with E-state index >= 15 is 0 Å². The van der Waals surface area contributed by atoms with Gasteiger partial charge in [-0.25, -0.2) is 0 Å². The number of hydrogen-bond acceptors (Lipinski definition) is 4. The zero-order valence-electron chi connectivity index (χ0n) is 18.1. The van der Waals surface area contributed by atoms with Crippen molar-refractivity contribution >= 4 is 5.96 Å². The van der Waals surface area contributed by atoms with Gasteiger partial charge in [0, 0.05) is 26.2 Å². The molecule has 1 unspecified atom stereocenters. The first-order chi connectivity index (χ1) is 13.7. The standard InChI is InChI=1S/C22H38N4O2/c1-5-23-22(25-16-18(2)17-26-13-7-6-8-14-26)24-12-11-19-9-10-20(27-3)21(15-19)28-4/h9-10,15,18H,5-8,11-14,16-17H2,1-4H3,(H2,23,24,25). The lowest BCUT2D eigenvalue weighted by atomic mass is 10.1. The number of nitrogens with zero attached hydrogens (tertiary/aromatic N) is 2. The second-order valence-electron chi connectivity index (χ2n) is 7.55. The Kier molecular flexibility index (Phi) is 9.97. The molecule has 6 nitrogen and oxygen atoms in total. The van der Waals surface area contributed by atoms with E-state index in [0.717, 1.165) is 50.1 Å². The Hall–Kier alpha value is -1.95. The van der Waals surface area contributed by atoms with E-state index in [2.05, 4.69) is 35.4 Å². The van der Waals surface area contributed by atoms with Crippen molar-refractivity contribution in [3.8, 4) is 11.5 Å². The number of hydrogen-bond donors (Lipinski definition) is 2. The van der Waals surface area contributed by atoms with Crippen LogP contribution < -0.4 is 20.1 Å². The molecule has 0 radical (unpaired) electrons. The maximum absolute atomic E-state index is 5.38. The number of aliphatic imine (C=N–C) groups is 1. The molecule has 1 saturated heterocycles. The number of benzene rings is 1. The molecule has 1 fully saturated rings. The third-order valence-corrected chi connectivity index (χ3v) is 5.08. The molecule has 2 rings (SSSR count). The molecule has 6 heteroatoms. The first kappa shape index (κ1) is 22.3. The van der Waals surface area contributed by atoms with Gasteiger partial charge in [-0.3, -0.25) is 4.99 Å². The van der Waals surface area contributed by atoms with Crippen molar-refractivity contribution in [2.45, 2.75) is 39.5 Å². The highest BCUT2D eigenvalue weighted by Gasteiger charge is 2.13. The number of nitrogens with one attached hydrogen (secondary N) is 2. The van der Waals surface area contributed by atoms with E-state index in [4.69, 9.17) is 14.5 Å². The van der Waals surface area contributed by atoms with Crippen LogP contribution in [-0.4, -0.2) is 64.3 Å². The van der Waals surface area contributed by atoms with Crippen LogP contribution in [-0.2, 0) is 6.42 Å². The van der Waals surface area contributed by atoms with Gasteiger partial charge in [-0.15, -0.1) is 0 Å². The Morgan fingerprint density at radius 2 is 1.86 bits per heavy atom. The summed E-state index contributed by atoms with van der Waals surface area (Å²) in [5, 5.41) is 6.80. The van der Waals surface area contributed by atoms with Gasteiger partial charge < -0.3 is 25.0 Å². The van der Waals surface area contributed by atoms with E-state index in [9.17, 15) is 0 Å². The van der Waals surface area contributed by atoms with E-state index in [-0.39, 0.29) is 0 Å². The predicted molar refractivity (Wildman–Crippen MR) is 117 cm³/mol. The first-order valence-electron chi connectivity index (χ1n) is 10.6. The predicted octanol–water partition coefficient (Wildman–Crippen LogP) is 2.92. The fourth-order valence-corrected chi connectivity index (χ4v) is 3.59. The maximum atomic E-state index is 5.38. The highest BCUT2D eigenvalue weighted by atomic mass is 16.5. The summed E-state index contributed by atoms with van der Waals surface area (Å²) in [4.78, 5) is 7.38. The first-order valence-corrected chi connectivity index (χ1v) is 10.6. The highest BCUT2D eigenvalue weighted by Crippen LogP contribution is 2.27. The number of likely N-dealkylation sites (tertiary alicyclic amines) is 1. The summed E-state index contributed by atoms with van der Waals surface area (Å²) in [6.45, 7) is 10.6. The van der Waals surface area contributed by atoms with Crippen molar-refractivity contribution < 1.29 is 9.47 Å². The molecule has 1 aliphatic heterocycles. The molecule has 1 atom stereocenters. The second kappa shape index (κ2) is 12.5. The Bertz CT molecular complexity index is 600. The van der Waals surface area contributed by atoms with E-state index in [0.29, 0.717) is 5.92 Å². The van der Waals surface area contributed by atoms with Gasteiger partial charge in [0.1, 0.15) is 0 Å². The van der Waals surface area contributed by atoms with Crippen molar-refractivity contribution in [1.29, 1.82) is 0 Å². The van der Waals surface area contributed by atoms with Gasteiger partial charge in [0.2, 0.25) is 0 Å².